The summed E-state index contributed by atoms with van der Waals surface area (Å²) in [5.74, 6) is 0.258. The van der Waals surface area contributed by atoms with Crippen molar-refractivity contribution in [1.29, 1.82) is 0 Å². The van der Waals surface area contributed by atoms with Crippen molar-refractivity contribution < 1.29 is 9.59 Å². The number of nitrogens with one attached hydrogen (secondary N) is 2. The van der Waals surface area contributed by atoms with Gasteiger partial charge < -0.3 is 10.2 Å². The van der Waals surface area contributed by atoms with Crippen LogP contribution in [0.25, 0.3) is 16.8 Å². The molecule has 8 heteroatoms. The third-order valence-electron chi connectivity index (χ3n) is 6.61. The summed E-state index contributed by atoms with van der Waals surface area (Å²) < 4.78 is 0. The van der Waals surface area contributed by atoms with Crippen LogP contribution in [0.5, 0.6) is 0 Å². The number of fused-ring (bicyclic) bond motifs is 1. The van der Waals surface area contributed by atoms with E-state index in [4.69, 9.17) is 0 Å². The topological polar surface area (TPSA) is 87.2 Å². The fraction of sp³-hybridized carbons (Fsp3) is 0.308. The Bertz CT molecular complexity index is 1250. The van der Waals surface area contributed by atoms with Gasteiger partial charge in [0, 0.05) is 31.9 Å². The number of anilines is 1. The Morgan fingerprint density at radius 3 is 2.68 bits per heavy atom. The molecule has 0 atom stereocenters. The highest BCUT2D eigenvalue weighted by Crippen LogP contribution is 2.28. The number of nitrogens with zero attached hydrogens (tertiary/aromatic N) is 3. The summed E-state index contributed by atoms with van der Waals surface area (Å²) in [4.78, 5) is 34.8. The molecule has 34 heavy (non-hydrogen) atoms. The van der Waals surface area contributed by atoms with Gasteiger partial charge in [0.25, 0.3) is 11.1 Å². The van der Waals surface area contributed by atoms with E-state index in [1.54, 1.807) is 18.3 Å². The van der Waals surface area contributed by atoms with Crippen LogP contribution in [0.3, 0.4) is 0 Å². The second-order valence-corrected chi connectivity index (χ2v) is 9.78. The zero-order chi connectivity index (χ0) is 23.5. The van der Waals surface area contributed by atoms with Gasteiger partial charge >= 0.3 is 0 Å². The van der Waals surface area contributed by atoms with E-state index in [0.29, 0.717) is 28.6 Å². The quantitative estimate of drug-likeness (QED) is 0.510. The van der Waals surface area contributed by atoms with E-state index in [0.717, 1.165) is 44.0 Å². The number of hydrogen-bond donors (Lipinski definition) is 2. The van der Waals surface area contributed by atoms with Gasteiger partial charge in [0.05, 0.1) is 10.6 Å². The minimum absolute atomic E-state index is 0.353. The van der Waals surface area contributed by atoms with Crippen molar-refractivity contribution >= 4 is 45.7 Å². The Morgan fingerprint density at radius 1 is 1.09 bits per heavy atom. The van der Waals surface area contributed by atoms with Crippen LogP contribution >= 0.6 is 11.8 Å². The average molecular weight is 474 g/mol. The number of carbonyl (C=O) groups excluding carboxylic acids is 2. The molecule has 2 fully saturated rings. The molecule has 2 aliphatic rings. The zero-order valence-electron chi connectivity index (χ0n) is 19.0. The van der Waals surface area contributed by atoms with Crippen LogP contribution in [0.1, 0.15) is 36.9 Å². The average Bonchev–Trinajstić information content (AvgIpc) is 3.18. The number of rotatable bonds is 6. The number of amides is 2. The highest BCUT2D eigenvalue weighted by Gasteiger charge is 2.27. The lowest BCUT2D eigenvalue weighted by atomic mass is 9.90. The van der Waals surface area contributed by atoms with Gasteiger partial charge in [0.1, 0.15) is 0 Å². The standard InChI is InChI=1S/C26H27N5O2S/c1-31(25-27-14-13-20(29-25)15-23-24(32)30-26(33)34-23)21-11-9-19(10-12-21)28-16-18-7-4-6-17-5-2-3-8-22(17)18/h2-8,13-15,19,21,28H,9-12,16H2,1H3,(H,30,32,33)/b23-15-. The maximum absolute atomic E-state index is 11.8. The van der Waals surface area contributed by atoms with Gasteiger partial charge in [-0.25, -0.2) is 9.97 Å². The van der Waals surface area contributed by atoms with E-state index >= 15 is 0 Å². The first kappa shape index (κ1) is 22.6. The third-order valence-corrected chi connectivity index (χ3v) is 7.42. The van der Waals surface area contributed by atoms with Crippen LogP contribution in [0.4, 0.5) is 10.7 Å². The van der Waals surface area contributed by atoms with Gasteiger partial charge in [-0.1, -0.05) is 42.5 Å². The lowest BCUT2D eigenvalue weighted by Gasteiger charge is -2.35. The number of hydrogen-bond acceptors (Lipinski definition) is 7. The summed E-state index contributed by atoms with van der Waals surface area (Å²) >= 11 is 0.895. The predicted molar refractivity (Wildman–Crippen MR) is 136 cm³/mol. The monoisotopic (exact) mass is 473 g/mol. The molecule has 1 aliphatic heterocycles. The molecule has 0 spiro atoms. The molecule has 0 radical (unpaired) electrons. The van der Waals surface area contributed by atoms with Gasteiger partial charge in [-0.05, 0) is 65.9 Å². The summed E-state index contributed by atoms with van der Waals surface area (Å²) in [6, 6.07) is 17.6. The molecule has 1 saturated heterocycles. The van der Waals surface area contributed by atoms with Gasteiger partial charge in [-0.15, -0.1) is 0 Å². The normalized spacial score (nSPS) is 21.7. The molecule has 1 saturated carbocycles. The van der Waals surface area contributed by atoms with Gasteiger partial charge in [-0.2, -0.15) is 0 Å². The lowest BCUT2D eigenvalue weighted by molar-refractivity contribution is -0.115. The molecular formula is C26H27N5O2S. The number of thioether (sulfide) groups is 1. The highest BCUT2D eigenvalue weighted by molar-refractivity contribution is 8.18. The van der Waals surface area contributed by atoms with Crippen molar-refractivity contribution in [3.63, 3.8) is 0 Å². The van der Waals surface area contributed by atoms with Crippen LogP contribution < -0.4 is 15.5 Å². The smallest absolute Gasteiger partial charge is 0.290 e. The maximum atomic E-state index is 11.8. The van der Waals surface area contributed by atoms with E-state index in [1.807, 2.05) is 7.05 Å². The van der Waals surface area contributed by atoms with Crippen LogP contribution in [0, 0.1) is 0 Å². The molecule has 2 heterocycles. The molecule has 2 aromatic carbocycles. The van der Waals surface area contributed by atoms with Crippen LogP contribution in [0.15, 0.2) is 59.6 Å². The van der Waals surface area contributed by atoms with Gasteiger partial charge in [-0.3, -0.25) is 14.9 Å². The Kier molecular flexibility index (Phi) is 6.60. The fourth-order valence-electron chi connectivity index (χ4n) is 4.70. The fourth-order valence-corrected chi connectivity index (χ4v) is 5.37. The van der Waals surface area contributed by atoms with Crippen LogP contribution in [-0.2, 0) is 11.3 Å². The summed E-state index contributed by atoms with van der Waals surface area (Å²) in [7, 11) is 2.03. The van der Waals surface area contributed by atoms with Gasteiger partial charge in [0.2, 0.25) is 5.95 Å². The first-order valence-corrected chi connectivity index (χ1v) is 12.4. The van der Waals surface area contributed by atoms with E-state index in [9.17, 15) is 9.59 Å². The second kappa shape index (κ2) is 9.95. The van der Waals surface area contributed by atoms with E-state index in [-0.39, 0.29) is 11.1 Å². The molecule has 3 aromatic rings. The summed E-state index contributed by atoms with van der Waals surface area (Å²) in [5, 5.41) is 8.27. The minimum atomic E-state index is -0.377. The molecule has 2 N–H and O–H groups in total. The van der Waals surface area contributed by atoms with Crippen molar-refractivity contribution in [2.45, 2.75) is 44.3 Å². The number of aromatic nitrogens is 2. The Labute approximate surface area is 203 Å². The van der Waals surface area contributed by atoms with Crippen LogP contribution in [0.2, 0.25) is 0 Å². The zero-order valence-corrected chi connectivity index (χ0v) is 19.8. The molecule has 1 aromatic heterocycles. The lowest BCUT2D eigenvalue weighted by Crippen LogP contribution is -2.41. The maximum Gasteiger partial charge on any atom is 0.290 e. The van der Waals surface area contributed by atoms with E-state index in [2.05, 4.69) is 68.0 Å². The van der Waals surface area contributed by atoms with Crippen molar-refractivity contribution in [2.24, 2.45) is 0 Å². The Hall–Kier alpha value is -3.23. The molecule has 0 unspecified atom stereocenters. The predicted octanol–water partition coefficient (Wildman–Crippen LogP) is 4.49. The van der Waals surface area contributed by atoms with Crippen molar-refractivity contribution in [1.82, 2.24) is 20.6 Å². The number of carbonyl (C=O) groups is 2. The first-order valence-electron chi connectivity index (χ1n) is 11.6. The first-order chi connectivity index (χ1) is 16.6. The van der Waals surface area contributed by atoms with Crippen molar-refractivity contribution in [2.75, 3.05) is 11.9 Å². The summed E-state index contributed by atoms with van der Waals surface area (Å²) in [6.07, 6.45) is 7.65. The summed E-state index contributed by atoms with van der Waals surface area (Å²) in [6.45, 7) is 0.875. The highest BCUT2D eigenvalue weighted by atomic mass is 32.2. The van der Waals surface area contributed by atoms with Crippen molar-refractivity contribution in [3.8, 4) is 0 Å². The molecule has 5 rings (SSSR count). The molecule has 1 aliphatic carbocycles. The Morgan fingerprint density at radius 2 is 1.88 bits per heavy atom. The molecule has 2 amide bonds. The molecule has 7 nitrogen and oxygen atoms in total. The van der Waals surface area contributed by atoms with Crippen molar-refractivity contribution in [3.05, 3.63) is 70.9 Å². The second-order valence-electron chi connectivity index (χ2n) is 8.77. The van der Waals surface area contributed by atoms with E-state index in [1.165, 1.54) is 16.3 Å². The minimum Gasteiger partial charge on any atom is -0.341 e. The molecular weight excluding hydrogens is 446 g/mol. The number of benzene rings is 2. The summed E-state index contributed by atoms with van der Waals surface area (Å²) in [5.41, 5.74) is 1.96. The van der Waals surface area contributed by atoms with Crippen LogP contribution in [-0.4, -0.2) is 40.2 Å². The SMILES string of the molecule is CN(c1nccc(/C=C2\SC(=O)NC2=O)n1)C1CCC(NCc2cccc3ccccc23)CC1. The van der Waals surface area contributed by atoms with Gasteiger partial charge in [0.15, 0.2) is 0 Å². The molecule has 174 valence electrons. The Balaban J connectivity index is 1.18. The largest absolute Gasteiger partial charge is 0.341 e. The number of imide groups is 1. The molecule has 0 bridgehead atoms. The third kappa shape index (κ3) is 4.98. The van der Waals surface area contributed by atoms with E-state index < -0.39 is 0 Å².